The molecule has 1 amide bonds. The molecule has 8 nitrogen and oxygen atoms in total. The Morgan fingerprint density at radius 2 is 1.85 bits per heavy atom. The molecule has 5 rings (SSSR count). The maximum atomic E-state index is 14.4. The summed E-state index contributed by atoms with van der Waals surface area (Å²) in [6.07, 6.45) is -0.0287. The van der Waals surface area contributed by atoms with Gasteiger partial charge in [0.1, 0.15) is 5.75 Å². The van der Waals surface area contributed by atoms with Crippen LogP contribution in [0, 0.1) is 0 Å². The molecule has 2 aromatic carbocycles. The highest BCUT2D eigenvalue weighted by molar-refractivity contribution is 6.32. The minimum absolute atomic E-state index is 0.153. The summed E-state index contributed by atoms with van der Waals surface area (Å²) in [5, 5.41) is 10.4. The lowest BCUT2D eigenvalue weighted by Crippen LogP contribution is -2.63. The van der Waals surface area contributed by atoms with Gasteiger partial charge >= 0.3 is 6.36 Å². The SMILES string of the molecule is O=C(N[C@@H]1CCNC[C@@]1(C(=O)c1cnc(-n2cccn2)c(Cl)c1)c1ccccc1)c1ccccc1OC(F)(F)F. The molecule has 1 aliphatic rings. The van der Waals surface area contributed by atoms with E-state index in [0.717, 1.165) is 6.07 Å². The topological polar surface area (TPSA) is 98.1 Å². The molecule has 40 heavy (non-hydrogen) atoms. The molecule has 0 radical (unpaired) electrons. The fraction of sp³-hybridized carbons (Fsp3) is 0.214. The number of rotatable bonds is 7. The van der Waals surface area contributed by atoms with Gasteiger partial charge in [-0.15, -0.1) is 13.2 Å². The Hall–Kier alpha value is -4.22. The van der Waals surface area contributed by atoms with Crippen LogP contribution in [-0.4, -0.2) is 51.9 Å². The van der Waals surface area contributed by atoms with Crippen molar-refractivity contribution in [2.45, 2.75) is 24.2 Å². The number of halogens is 4. The van der Waals surface area contributed by atoms with Crippen molar-refractivity contribution in [3.05, 3.63) is 107 Å². The summed E-state index contributed by atoms with van der Waals surface area (Å²) in [6, 6.07) is 16.4. The van der Waals surface area contributed by atoms with Gasteiger partial charge in [0.05, 0.1) is 16.0 Å². The summed E-state index contributed by atoms with van der Waals surface area (Å²) < 4.78 is 44.6. The molecule has 0 bridgehead atoms. The first-order valence-corrected chi connectivity index (χ1v) is 12.7. The molecule has 1 saturated heterocycles. The number of hydrogen-bond donors (Lipinski definition) is 2. The van der Waals surface area contributed by atoms with Gasteiger partial charge in [0, 0.05) is 36.7 Å². The molecule has 2 N–H and O–H groups in total. The van der Waals surface area contributed by atoms with Crippen molar-refractivity contribution in [3.8, 4) is 11.6 Å². The lowest BCUT2D eigenvalue weighted by atomic mass is 9.66. The predicted octanol–water partition coefficient (Wildman–Crippen LogP) is 4.73. The maximum absolute atomic E-state index is 14.4. The van der Waals surface area contributed by atoms with Gasteiger partial charge < -0.3 is 15.4 Å². The fourth-order valence-corrected chi connectivity index (χ4v) is 5.24. The van der Waals surface area contributed by atoms with Crippen molar-refractivity contribution in [1.29, 1.82) is 0 Å². The Bertz CT molecular complexity index is 1520. The van der Waals surface area contributed by atoms with Gasteiger partial charge in [0.2, 0.25) is 0 Å². The number of pyridine rings is 1. The first-order chi connectivity index (χ1) is 19.2. The number of amides is 1. The first kappa shape index (κ1) is 27.4. The van der Waals surface area contributed by atoms with Crippen LogP contribution in [0.2, 0.25) is 5.02 Å². The normalized spacial score (nSPS) is 19.1. The second-order valence-electron chi connectivity index (χ2n) is 9.18. The predicted molar refractivity (Wildman–Crippen MR) is 141 cm³/mol. The number of nitrogens with zero attached hydrogens (tertiary/aromatic N) is 3. The van der Waals surface area contributed by atoms with Crippen molar-refractivity contribution >= 4 is 23.3 Å². The van der Waals surface area contributed by atoms with Gasteiger partial charge in [-0.2, -0.15) is 5.10 Å². The van der Waals surface area contributed by atoms with E-state index in [1.54, 1.807) is 48.8 Å². The van der Waals surface area contributed by atoms with Crippen LogP contribution < -0.4 is 15.4 Å². The van der Waals surface area contributed by atoms with E-state index >= 15 is 0 Å². The van der Waals surface area contributed by atoms with Crippen molar-refractivity contribution in [1.82, 2.24) is 25.4 Å². The van der Waals surface area contributed by atoms with Crippen LogP contribution in [0.4, 0.5) is 13.2 Å². The number of benzene rings is 2. The highest BCUT2D eigenvalue weighted by atomic mass is 35.5. The van der Waals surface area contributed by atoms with Gasteiger partial charge in [-0.3, -0.25) is 9.59 Å². The van der Waals surface area contributed by atoms with Crippen LogP contribution in [0.25, 0.3) is 5.82 Å². The molecule has 1 fully saturated rings. The molecule has 12 heteroatoms. The van der Waals surface area contributed by atoms with Crippen LogP contribution in [-0.2, 0) is 5.41 Å². The number of piperidine rings is 1. The molecule has 0 aliphatic carbocycles. The average molecular weight is 570 g/mol. The van der Waals surface area contributed by atoms with Crippen LogP contribution in [0.5, 0.6) is 5.75 Å². The minimum Gasteiger partial charge on any atom is -0.405 e. The number of ketones is 1. The van der Waals surface area contributed by atoms with Crippen molar-refractivity contribution in [3.63, 3.8) is 0 Å². The molecule has 1 aliphatic heterocycles. The second-order valence-corrected chi connectivity index (χ2v) is 9.59. The largest absolute Gasteiger partial charge is 0.573 e. The number of aromatic nitrogens is 3. The number of para-hydroxylation sites is 1. The molecule has 2 atom stereocenters. The highest BCUT2D eigenvalue weighted by Crippen LogP contribution is 2.37. The Labute approximate surface area is 232 Å². The zero-order valence-electron chi connectivity index (χ0n) is 20.9. The van der Waals surface area contributed by atoms with Gasteiger partial charge in [-0.05, 0) is 42.8 Å². The number of carbonyl (C=O) groups is 2. The number of ether oxygens (including phenoxy) is 1. The monoisotopic (exact) mass is 569 g/mol. The third-order valence-corrected chi connectivity index (χ3v) is 7.05. The summed E-state index contributed by atoms with van der Waals surface area (Å²) in [5.74, 6) is -1.46. The molecular formula is C28H23ClF3N5O3. The second kappa shape index (κ2) is 11.1. The average Bonchev–Trinajstić information content (AvgIpc) is 3.47. The Morgan fingerprint density at radius 1 is 1.10 bits per heavy atom. The minimum atomic E-state index is -4.98. The van der Waals surface area contributed by atoms with E-state index in [0.29, 0.717) is 24.3 Å². The summed E-state index contributed by atoms with van der Waals surface area (Å²) in [4.78, 5) is 32.1. The van der Waals surface area contributed by atoms with Crippen LogP contribution in [0.15, 0.2) is 85.3 Å². The van der Waals surface area contributed by atoms with Crippen molar-refractivity contribution < 1.29 is 27.5 Å². The Morgan fingerprint density at radius 3 is 2.55 bits per heavy atom. The molecule has 4 aromatic rings. The molecule has 206 valence electrons. The zero-order valence-corrected chi connectivity index (χ0v) is 21.6. The number of carbonyl (C=O) groups excluding carboxylic acids is 2. The van der Waals surface area contributed by atoms with Crippen LogP contribution in [0.3, 0.4) is 0 Å². The lowest BCUT2D eigenvalue weighted by molar-refractivity contribution is -0.274. The molecule has 3 heterocycles. The fourth-order valence-electron chi connectivity index (χ4n) is 4.98. The summed E-state index contributed by atoms with van der Waals surface area (Å²) in [5.41, 5.74) is -0.813. The van der Waals surface area contributed by atoms with E-state index in [1.165, 1.54) is 35.1 Å². The third kappa shape index (κ3) is 5.43. The molecule has 0 unspecified atom stereocenters. The first-order valence-electron chi connectivity index (χ1n) is 12.3. The van der Waals surface area contributed by atoms with Crippen LogP contribution in [0.1, 0.15) is 32.7 Å². The van der Waals surface area contributed by atoms with Gasteiger partial charge in [0.15, 0.2) is 11.6 Å². The number of hydrogen-bond acceptors (Lipinski definition) is 6. The van der Waals surface area contributed by atoms with E-state index in [2.05, 4.69) is 25.5 Å². The van der Waals surface area contributed by atoms with E-state index in [9.17, 15) is 22.8 Å². The third-order valence-electron chi connectivity index (χ3n) is 6.77. The van der Waals surface area contributed by atoms with Gasteiger partial charge in [-0.1, -0.05) is 54.1 Å². The van der Waals surface area contributed by atoms with Crippen molar-refractivity contribution in [2.24, 2.45) is 0 Å². The highest BCUT2D eigenvalue weighted by Gasteiger charge is 2.50. The Kier molecular flexibility index (Phi) is 7.59. The number of Topliss-reactive ketones (excluding diaryl/α,β-unsaturated/α-hetero) is 1. The van der Waals surface area contributed by atoms with E-state index < -0.39 is 29.5 Å². The smallest absolute Gasteiger partial charge is 0.405 e. The van der Waals surface area contributed by atoms with E-state index in [1.807, 2.05) is 0 Å². The van der Waals surface area contributed by atoms with Crippen LogP contribution >= 0.6 is 11.6 Å². The summed E-state index contributed by atoms with van der Waals surface area (Å²) in [7, 11) is 0. The number of nitrogens with one attached hydrogen (secondary N) is 2. The maximum Gasteiger partial charge on any atom is 0.573 e. The van der Waals surface area contributed by atoms with E-state index in [-0.39, 0.29) is 28.5 Å². The molecule has 0 spiro atoms. The zero-order chi connectivity index (χ0) is 28.3. The van der Waals surface area contributed by atoms with Crippen molar-refractivity contribution in [2.75, 3.05) is 13.1 Å². The molecular weight excluding hydrogens is 547 g/mol. The summed E-state index contributed by atoms with van der Waals surface area (Å²) in [6.45, 7) is 0.616. The molecule has 2 aromatic heterocycles. The lowest BCUT2D eigenvalue weighted by Gasteiger charge is -2.44. The molecule has 0 saturated carbocycles. The van der Waals surface area contributed by atoms with Gasteiger partial charge in [0.25, 0.3) is 5.91 Å². The Balaban J connectivity index is 1.54. The van der Waals surface area contributed by atoms with E-state index in [4.69, 9.17) is 11.6 Å². The standard InChI is InChI=1S/C28H23ClF3N5O3/c29-21-15-18(16-34-25(21)37-14-6-12-35-37)24(38)27(19-7-2-1-3-8-19)17-33-13-11-23(27)36-26(39)20-9-4-5-10-22(20)40-28(30,31)32/h1-10,12,14-16,23,33H,11,13,17H2,(H,36,39)/t23-,27-/m1/s1. The number of alkyl halides is 3. The summed E-state index contributed by atoms with van der Waals surface area (Å²) >= 11 is 6.50. The quantitative estimate of drug-likeness (QED) is 0.312. The van der Waals surface area contributed by atoms with Gasteiger partial charge in [-0.25, -0.2) is 9.67 Å².